The Balaban J connectivity index is 1.63. The smallest absolute Gasteiger partial charge is 0.291 e. The fourth-order valence-electron chi connectivity index (χ4n) is 2.39. The standard InChI is InChI=1S/C21H18N2O5/c1-14(24)22-16-7-9-17(10-8-16)23-21(26)19-11-18(25)20(13-28-19)27-12-15-5-3-2-4-6-15/h2-11,13H,12H2,1H3,(H,22,24)(H,23,26). The molecule has 7 heteroatoms. The van der Waals surface area contributed by atoms with Gasteiger partial charge in [0.1, 0.15) is 12.9 Å². The van der Waals surface area contributed by atoms with E-state index in [1.807, 2.05) is 30.3 Å². The number of hydrogen-bond donors (Lipinski definition) is 2. The van der Waals surface area contributed by atoms with Crippen molar-refractivity contribution >= 4 is 23.2 Å². The van der Waals surface area contributed by atoms with E-state index in [9.17, 15) is 14.4 Å². The number of carbonyl (C=O) groups is 2. The molecule has 28 heavy (non-hydrogen) atoms. The van der Waals surface area contributed by atoms with Crippen molar-refractivity contribution in [1.82, 2.24) is 0 Å². The van der Waals surface area contributed by atoms with Gasteiger partial charge < -0.3 is 19.8 Å². The van der Waals surface area contributed by atoms with Crippen LogP contribution in [0.3, 0.4) is 0 Å². The summed E-state index contributed by atoms with van der Waals surface area (Å²) in [5, 5.41) is 5.25. The zero-order chi connectivity index (χ0) is 19.9. The molecule has 1 heterocycles. The molecule has 0 unspecified atom stereocenters. The van der Waals surface area contributed by atoms with Gasteiger partial charge in [-0.3, -0.25) is 14.4 Å². The molecule has 2 aromatic carbocycles. The van der Waals surface area contributed by atoms with Gasteiger partial charge in [0, 0.05) is 24.4 Å². The van der Waals surface area contributed by atoms with Crippen molar-refractivity contribution in [2.24, 2.45) is 0 Å². The van der Waals surface area contributed by atoms with E-state index in [4.69, 9.17) is 9.15 Å². The maximum Gasteiger partial charge on any atom is 0.291 e. The van der Waals surface area contributed by atoms with Crippen molar-refractivity contribution in [1.29, 1.82) is 0 Å². The van der Waals surface area contributed by atoms with Gasteiger partial charge >= 0.3 is 0 Å². The van der Waals surface area contributed by atoms with Gasteiger partial charge in [-0.05, 0) is 29.8 Å². The molecule has 3 aromatic rings. The number of hydrogen-bond acceptors (Lipinski definition) is 5. The van der Waals surface area contributed by atoms with Crippen LogP contribution in [0, 0.1) is 0 Å². The summed E-state index contributed by atoms with van der Waals surface area (Å²) >= 11 is 0. The van der Waals surface area contributed by atoms with Crippen LogP contribution in [0.2, 0.25) is 0 Å². The number of carbonyl (C=O) groups excluding carboxylic acids is 2. The van der Waals surface area contributed by atoms with E-state index in [-0.39, 0.29) is 24.0 Å². The average Bonchev–Trinajstić information content (AvgIpc) is 2.69. The first-order chi connectivity index (χ1) is 13.5. The molecule has 0 aliphatic heterocycles. The number of nitrogens with one attached hydrogen (secondary N) is 2. The van der Waals surface area contributed by atoms with Crippen LogP contribution in [-0.4, -0.2) is 11.8 Å². The molecule has 2 amide bonds. The maximum absolute atomic E-state index is 12.3. The van der Waals surface area contributed by atoms with Crippen LogP contribution in [0.5, 0.6) is 5.75 Å². The minimum Gasteiger partial charge on any atom is -0.482 e. The number of ether oxygens (including phenoxy) is 1. The van der Waals surface area contributed by atoms with Crippen molar-refractivity contribution < 1.29 is 18.7 Å². The fraction of sp³-hybridized carbons (Fsp3) is 0.0952. The average molecular weight is 378 g/mol. The summed E-state index contributed by atoms with van der Waals surface area (Å²) in [6.07, 6.45) is 1.13. The van der Waals surface area contributed by atoms with Crippen LogP contribution in [0.4, 0.5) is 11.4 Å². The largest absolute Gasteiger partial charge is 0.482 e. The summed E-state index contributed by atoms with van der Waals surface area (Å²) in [5.41, 5.74) is 1.56. The van der Waals surface area contributed by atoms with Crippen LogP contribution in [0.1, 0.15) is 23.0 Å². The van der Waals surface area contributed by atoms with Gasteiger partial charge in [-0.1, -0.05) is 30.3 Å². The molecule has 0 saturated carbocycles. The van der Waals surface area contributed by atoms with Crippen LogP contribution in [0.25, 0.3) is 0 Å². The third kappa shape index (κ3) is 5.07. The van der Waals surface area contributed by atoms with Gasteiger partial charge in [0.05, 0.1) is 0 Å². The predicted molar refractivity (Wildman–Crippen MR) is 104 cm³/mol. The monoisotopic (exact) mass is 378 g/mol. The molecule has 0 fully saturated rings. The third-order valence-electron chi connectivity index (χ3n) is 3.72. The van der Waals surface area contributed by atoms with Crippen LogP contribution in [0.15, 0.2) is 76.1 Å². The Kier molecular flexibility index (Phi) is 5.86. The van der Waals surface area contributed by atoms with Crippen LogP contribution in [-0.2, 0) is 11.4 Å². The van der Waals surface area contributed by atoms with Gasteiger partial charge in [-0.15, -0.1) is 0 Å². The van der Waals surface area contributed by atoms with Crippen molar-refractivity contribution in [3.63, 3.8) is 0 Å². The molecule has 1 aromatic heterocycles. The molecule has 0 aliphatic rings. The molecule has 0 atom stereocenters. The van der Waals surface area contributed by atoms with E-state index in [0.717, 1.165) is 17.9 Å². The molecule has 0 spiro atoms. The second-order valence-corrected chi connectivity index (χ2v) is 5.96. The number of benzene rings is 2. The summed E-state index contributed by atoms with van der Waals surface area (Å²) in [6.45, 7) is 1.63. The van der Waals surface area contributed by atoms with Crippen molar-refractivity contribution in [2.75, 3.05) is 10.6 Å². The van der Waals surface area contributed by atoms with Gasteiger partial charge in [0.25, 0.3) is 5.91 Å². The fourth-order valence-corrected chi connectivity index (χ4v) is 2.39. The lowest BCUT2D eigenvalue weighted by Crippen LogP contribution is -2.16. The lowest BCUT2D eigenvalue weighted by Gasteiger charge is -2.08. The molecule has 2 N–H and O–H groups in total. The third-order valence-corrected chi connectivity index (χ3v) is 3.72. The van der Waals surface area contributed by atoms with Gasteiger partial charge in [0.2, 0.25) is 17.1 Å². The summed E-state index contributed by atoms with van der Waals surface area (Å²) < 4.78 is 10.7. The van der Waals surface area contributed by atoms with Gasteiger partial charge in [-0.2, -0.15) is 0 Å². The van der Waals surface area contributed by atoms with Crippen LogP contribution < -0.4 is 20.8 Å². The number of anilines is 2. The van der Waals surface area contributed by atoms with E-state index in [1.165, 1.54) is 6.92 Å². The normalized spacial score (nSPS) is 10.2. The van der Waals surface area contributed by atoms with Gasteiger partial charge in [-0.25, -0.2) is 0 Å². The number of amides is 2. The highest BCUT2D eigenvalue weighted by Crippen LogP contribution is 2.15. The van der Waals surface area contributed by atoms with Crippen molar-refractivity contribution in [3.05, 3.63) is 88.5 Å². The molecule has 0 aliphatic carbocycles. The SMILES string of the molecule is CC(=O)Nc1ccc(NC(=O)c2cc(=O)c(OCc3ccccc3)co2)cc1. The Hall–Kier alpha value is -3.87. The molecule has 7 nitrogen and oxygen atoms in total. The van der Waals surface area contributed by atoms with Crippen molar-refractivity contribution in [3.8, 4) is 5.75 Å². The lowest BCUT2D eigenvalue weighted by atomic mass is 10.2. The van der Waals surface area contributed by atoms with E-state index in [1.54, 1.807) is 24.3 Å². The highest BCUT2D eigenvalue weighted by Gasteiger charge is 2.13. The lowest BCUT2D eigenvalue weighted by molar-refractivity contribution is -0.114. The van der Waals surface area contributed by atoms with E-state index in [0.29, 0.717) is 11.4 Å². The van der Waals surface area contributed by atoms with E-state index < -0.39 is 11.3 Å². The highest BCUT2D eigenvalue weighted by atomic mass is 16.5. The second-order valence-electron chi connectivity index (χ2n) is 5.96. The van der Waals surface area contributed by atoms with E-state index >= 15 is 0 Å². The zero-order valence-corrected chi connectivity index (χ0v) is 15.1. The summed E-state index contributed by atoms with van der Waals surface area (Å²) in [5.74, 6) is -0.866. The summed E-state index contributed by atoms with van der Waals surface area (Å²) in [4.78, 5) is 35.4. The Morgan fingerprint density at radius 2 is 1.61 bits per heavy atom. The Morgan fingerprint density at radius 1 is 0.964 bits per heavy atom. The number of rotatable bonds is 6. The van der Waals surface area contributed by atoms with Crippen LogP contribution >= 0.6 is 0 Å². The molecule has 0 saturated heterocycles. The quantitative estimate of drug-likeness (QED) is 0.685. The molecular weight excluding hydrogens is 360 g/mol. The topological polar surface area (TPSA) is 97.6 Å². The first kappa shape index (κ1) is 18.9. The Morgan fingerprint density at radius 3 is 2.21 bits per heavy atom. The zero-order valence-electron chi connectivity index (χ0n) is 15.1. The molecule has 3 rings (SSSR count). The first-order valence-electron chi connectivity index (χ1n) is 8.50. The Labute approximate surface area is 161 Å². The van der Waals surface area contributed by atoms with Gasteiger partial charge in [0.15, 0.2) is 5.76 Å². The molecular formula is C21H18N2O5. The molecule has 142 valence electrons. The summed E-state index contributed by atoms with van der Waals surface area (Å²) in [7, 11) is 0. The highest BCUT2D eigenvalue weighted by molar-refractivity contribution is 6.02. The predicted octanol–water partition coefficient (Wildman–Crippen LogP) is 3.43. The second kappa shape index (κ2) is 8.68. The Bertz CT molecular complexity index is 1030. The minimum atomic E-state index is -0.570. The van der Waals surface area contributed by atoms with Crippen molar-refractivity contribution in [2.45, 2.75) is 13.5 Å². The summed E-state index contributed by atoms with van der Waals surface area (Å²) in [6, 6.07) is 17.0. The van der Waals surface area contributed by atoms with E-state index in [2.05, 4.69) is 10.6 Å². The first-order valence-corrected chi connectivity index (χ1v) is 8.50. The molecule has 0 radical (unpaired) electrons. The molecule has 0 bridgehead atoms. The maximum atomic E-state index is 12.3. The minimum absolute atomic E-state index is 0.0278.